The molecule has 3 heterocycles. The highest BCUT2D eigenvalue weighted by molar-refractivity contribution is 5.81. The minimum Gasteiger partial charge on any atom is -0.284 e. The molecule has 0 spiro atoms. The van der Waals surface area contributed by atoms with Gasteiger partial charge in [0.15, 0.2) is 5.65 Å². The minimum absolute atomic E-state index is 0.0613. The molecule has 0 unspecified atom stereocenters. The van der Waals surface area contributed by atoms with E-state index in [-0.39, 0.29) is 16.8 Å². The zero-order valence-corrected chi connectivity index (χ0v) is 14.1. The van der Waals surface area contributed by atoms with Crippen LogP contribution in [0.2, 0.25) is 0 Å². The number of hydrogen-bond donors (Lipinski definition) is 1. The molecule has 5 nitrogen and oxygen atoms in total. The number of alkyl halides is 3. The van der Waals surface area contributed by atoms with Gasteiger partial charge < -0.3 is 0 Å². The molecule has 136 valence electrons. The average molecular weight is 370 g/mol. The van der Waals surface area contributed by atoms with Gasteiger partial charge in [-0.1, -0.05) is 30.3 Å². The Morgan fingerprint density at radius 2 is 1.59 bits per heavy atom. The molecule has 0 aliphatic rings. The molecular formula is C19H13F3N4O. The van der Waals surface area contributed by atoms with Gasteiger partial charge in [-0.05, 0) is 30.2 Å². The molecule has 1 aromatic carbocycles. The molecule has 0 bridgehead atoms. The molecule has 0 saturated carbocycles. The number of aromatic amines is 1. The Bertz CT molecular complexity index is 1180. The summed E-state index contributed by atoms with van der Waals surface area (Å²) in [7, 11) is 0. The summed E-state index contributed by atoms with van der Waals surface area (Å²) in [5.41, 5.74) is -0.384. The van der Waals surface area contributed by atoms with Crippen molar-refractivity contribution in [3.8, 4) is 22.3 Å². The maximum atomic E-state index is 13.6. The molecule has 0 radical (unpaired) electrons. The number of H-pyrrole nitrogens is 1. The lowest BCUT2D eigenvalue weighted by atomic mass is 10.0. The van der Waals surface area contributed by atoms with E-state index in [2.05, 4.69) is 15.1 Å². The predicted octanol–water partition coefficient (Wildman–Crippen LogP) is 4.08. The number of pyridine rings is 1. The number of halogens is 3. The lowest BCUT2D eigenvalue weighted by Gasteiger charge is -2.07. The van der Waals surface area contributed by atoms with Crippen molar-refractivity contribution in [3.63, 3.8) is 0 Å². The lowest BCUT2D eigenvalue weighted by Crippen LogP contribution is -2.19. The van der Waals surface area contributed by atoms with E-state index in [1.165, 1.54) is 12.4 Å². The maximum Gasteiger partial charge on any atom is 0.433 e. The summed E-state index contributed by atoms with van der Waals surface area (Å²) in [6, 6.07) is 11.3. The number of aromatic nitrogens is 4. The highest BCUT2D eigenvalue weighted by Gasteiger charge is 2.38. The second kappa shape index (κ2) is 6.08. The van der Waals surface area contributed by atoms with E-state index in [9.17, 15) is 18.0 Å². The third kappa shape index (κ3) is 2.79. The van der Waals surface area contributed by atoms with E-state index < -0.39 is 17.4 Å². The highest BCUT2D eigenvalue weighted by atomic mass is 19.4. The van der Waals surface area contributed by atoms with Crippen molar-refractivity contribution in [2.75, 3.05) is 0 Å². The first-order valence-corrected chi connectivity index (χ1v) is 8.06. The Morgan fingerprint density at radius 1 is 0.963 bits per heavy atom. The van der Waals surface area contributed by atoms with Crippen molar-refractivity contribution in [1.82, 2.24) is 19.6 Å². The van der Waals surface area contributed by atoms with Crippen LogP contribution in [0.4, 0.5) is 13.2 Å². The minimum atomic E-state index is -4.67. The van der Waals surface area contributed by atoms with Crippen LogP contribution < -0.4 is 5.56 Å². The van der Waals surface area contributed by atoms with Gasteiger partial charge in [0.1, 0.15) is 5.69 Å². The number of fused-ring (bicyclic) bond motifs is 1. The quantitative estimate of drug-likeness (QED) is 0.578. The van der Waals surface area contributed by atoms with Crippen molar-refractivity contribution in [1.29, 1.82) is 0 Å². The number of hydrogen-bond acceptors (Lipinski definition) is 3. The molecule has 4 aromatic rings. The second-order valence-electron chi connectivity index (χ2n) is 6.00. The highest BCUT2D eigenvalue weighted by Crippen LogP contribution is 2.38. The standard InChI is InChI=1S/C19H13F3N4O/c1-11-14(13-7-9-23-10-8-13)18(27)26-17(24-11)15(12-5-3-2-4-6-12)16(25-26)19(20,21)22/h2-10,25H,1H3. The van der Waals surface area contributed by atoms with Gasteiger partial charge in [-0.2, -0.15) is 17.7 Å². The van der Waals surface area contributed by atoms with Gasteiger partial charge in [0, 0.05) is 12.4 Å². The largest absolute Gasteiger partial charge is 0.433 e. The number of nitrogens with zero attached hydrogens (tertiary/aromatic N) is 3. The van der Waals surface area contributed by atoms with Crippen molar-refractivity contribution in [3.05, 3.63) is 76.6 Å². The Morgan fingerprint density at radius 3 is 2.22 bits per heavy atom. The predicted molar refractivity (Wildman–Crippen MR) is 94.2 cm³/mol. The Labute approximate surface area is 151 Å². The fraction of sp³-hybridized carbons (Fsp3) is 0.105. The molecule has 3 aromatic heterocycles. The Balaban J connectivity index is 2.11. The molecule has 0 saturated heterocycles. The van der Waals surface area contributed by atoms with Gasteiger partial charge in [0.25, 0.3) is 5.56 Å². The maximum absolute atomic E-state index is 13.6. The van der Waals surface area contributed by atoms with Crippen LogP contribution in [0.25, 0.3) is 27.9 Å². The van der Waals surface area contributed by atoms with Crippen molar-refractivity contribution >= 4 is 5.65 Å². The van der Waals surface area contributed by atoms with Gasteiger partial charge in [-0.25, -0.2) is 4.98 Å². The zero-order valence-electron chi connectivity index (χ0n) is 14.1. The van der Waals surface area contributed by atoms with Crippen molar-refractivity contribution in [2.45, 2.75) is 13.1 Å². The van der Waals surface area contributed by atoms with Crippen LogP contribution in [0.15, 0.2) is 59.7 Å². The molecule has 1 N–H and O–H groups in total. The van der Waals surface area contributed by atoms with Crippen LogP contribution >= 0.6 is 0 Å². The van der Waals surface area contributed by atoms with Gasteiger partial charge in [0.05, 0.1) is 16.8 Å². The summed E-state index contributed by atoms with van der Waals surface area (Å²) < 4.78 is 41.8. The average Bonchev–Trinajstić information content (AvgIpc) is 3.03. The molecule has 27 heavy (non-hydrogen) atoms. The van der Waals surface area contributed by atoms with Gasteiger partial charge >= 0.3 is 6.18 Å². The van der Waals surface area contributed by atoms with Gasteiger partial charge in [-0.15, -0.1) is 0 Å². The third-order valence-electron chi connectivity index (χ3n) is 4.28. The smallest absolute Gasteiger partial charge is 0.284 e. The molecule has 0 aliphatic carbocycles. The fourth-order valence-corrected chi connectivity index (χ4v) is 3.11. The number of aryl methyl sites for hydroxylation is 1. The van der Waals surface area contributed by atoms with Crippen LogP contribution in [0.5, 0.6) is 0 Å². The van der Waals surface area contributed by atoms with Crippen LogP contribution in [0, 0.1) is 6.92 Å². The monoisotopic (exact) mass is 370 g/mol. The van der Waals surface area contributed by atoms with Crippen LogP contribution in [0.1, 0.15) is 11.4 Å². The SMILES string of the molecule is Cc1nc2c(-c3ccccc3)c(C(F)(F)F)[nH]n2c(=O)c1-c1ccncc1. The summed E-state index contributed by atoms with van der Waals surface area (Å²) >= 11 is 0. The molecule has 8 heteroatoms. The van der Waals surface area contributed by atoms with E-state index in [0.29, 0.717) is 16.8 Å². The number of rotatable bonds is 2. The van der Waals surface area contributed by atoms with E-state index in [1.807, 2.05) is 0 Å². The van der Waals surface area contributed by atoms with Crippen LogP contribution in [0.3, 0.4) is 0 Å². The van der Waals surface area contributed by atoms with E-state index in [1.54, 1.807) is 49.4 Å². The summed E-state index contributed by atoms with van der Waals surface area (Å²) in [6.45, 7) is 1.60. The van der Waals surface area contributed by atoms with Gasteiger partial charge in [-0.3, -0.25) is 14.9 Å². The Kier molecular flexibility index (Phi) is 3.83. The number of nitrogens with one attached hydrogen (secondary N) is 1. The first-order valence-electron chi connectivity index (χ1n) is 8.06. The zero-order chi connectivity index (χ0) is 19.2. The molecule has 0 aliphatic heterocycles. The van der Waals surface area contributed by atoms with Gasteiger partial charge in [0.2, 0.25) is 0 Å². The van der Waals surface area contributed by atoms with E-state index in [0.717, 1.165) is 4.52 Å². The molecule has 0 amide bonds. The summed E-state index contributed by atoms with van der Waals surface area (Å²) in [5, 5.41) is 2.21. The summed E-state index contributed by atoms with van der Waals surface area (Å²) in [4.78, 5) is 21.2. The normalized spacial score (nSPS) is 11.9. The molecule has 4 rings (SSSR count). The Hall–Kier alpha value is -3.42. The van der Waals surface area contributed by atoms with E-state index in [4.69, 9.17) is 0 Å². The summed E-state index contributed by atoms with van der Waals surface area (Å²) in [6.07, 6.45) is -1.65. The van der Waals surface area contributed by atoms with Crippen LogP contribution in [-0.4, -0.2) is 19.6 Å². The molecule has 0 atom stereocenters. The summed E-state index contributed by atoms with van der Waals surface area (Å²) in [5.74, 6) is 0. The fourth-order valence-electron chi connectivity index (χ4n) is 3.11. The van der Waals surface area contributed by atoms with Crippen LogP contribution in [-0.2, 0) is 6.18 Å². The topological polar surface area (TPSA) is 63.1 Å². The number of benzene rings is 1. The molecule has 0 fully saturated rings. The molecular weight excluding hydrogens is 357 g/mol. The third-order valence-corrected chi connectivity index (χ3v) is 4.28. The van der Waals surface area contributed by atoms with Crippen molar-refractivity contribution < 1.29 is 13.2 Å². The lowest BCUT2D eigenvalue weighted by molar-refractivity contribution is -0.140. The van der Waals surface area contributed by atoms with E-state index >= 15 is 0 Å². The van der Waals surface area contributed by atoms with Crippen molar-refractivity contribution in [2.24, 2.45) is 0 Å². The first-order chi connectivity index (χ1) is 12.9. The first kappa shape index (κ1) is 17.0. The second-order valence-corrected chi connectivity index (χ2v) is 6.00.